The fourth-order valence-corrected chi connectivity index (χ4v) is 3.36. The third kappa shape index (κ3) is 6.16. The zero-order valence-corrected chi connectivity index (χ0v) is 17.2. The first kappa shape index (κ1) is 20.5. The van der Waals surface area contributed by atoms with Crippen molar-refractivity contribution in [2.24, 2.45) is 5.92 Å². The number of thioether (sulfide) groups is 1. The van der Waals surface area contributed by atoms with Crippen molar-refractivity contribution in [2.75, 3.05) is 5.75 Å². The average molecular weight is 375 g/mol. The number of nitrogens with zero attached hydrogens (tertiary/aromatic N) is 3. The smallest absolute Gasteiger partial charge is 0.230 e. The molecule has 6 heteroatoms. The summed E-state index contributed by atoms with van der Waals surface area (Å²) in [6.45, 7) is 10.8. The van der Waals surface area contributed by atoms with Crippen LogP contribution in [0, 0.1) is 5.92 Å². The molecule has 0 radical (unpaired) electrons. The molecule has 1 N–H and O–H groups in total. The maximum absolute atomic E-state index is 12.2. The Balaban J connectivity index is 1.91. The number of hydrogen-bond acceptors (Lipinski definition) is 4. The molecule has 0 fully saturated rings. The Bertz CT molecular complexity index is 694. The molecule has 1 aromatic heterocycles. The van der Waals surface area contributed by atoms with Crippen molar-refractivity contribution in [1.29, 1.82) is 0 Å². The second-order valence-electron chi connectivity index (χ2n) is 7.46. The molecule has 0 saturated heterocycles. The minimum absolute atomic E-state index is 0.0379. The molecule has 0 bridgehead atoms. The molecule has 1 atom stereocenters. The Morgan fingerprint density at radius 1 is 1.12 bits per heavy atom. The lowest BCUT2D eigenvalue weighted by Crippen LogP contribution is -2.34. The molecular weight excluding hydrogens is 344 g/mol. The van der Waals surface area contributed by atoms with Gasteiger partial charge >= 0.3 is 0 Å². The van der Waals surface area contributed by atoms with E-state index in [0.717, 1.165) is 23.7 Å². The van der Waals surface area contributed by atoms with E-state index in [-0.39, 0.29) is 11.9 Å². The molecule has 2 aromatic rings. The van der Waals surface area contributed by atoms with Gasteiger partial charge in [-0.05, 0) is 49.3 Å². The highest BCUT2D eigenvalue weighted by atomic mass is 32.2. The van der Waals surface area contributed by atoms with Gasteiger partial charge in [0.25, 0.3) is 0 Å². The van der Waals surface area contributed by atoms with Crippen LogP contribution in [0.25, 0.3) is 5.69 Å². The van der Waals surface area contributed by atoms with Gasteiger partial charge in [0.1, 0.15) is 6.33 Å². The first-order chi connectivity index (χ1) is 12.4. The topological polar surface area (TPSA) is 59.8 Å². The molecule has 1 aromatic carbocycles. The number of aromatic nitrogens is 3. The summed E-state index contributed by atoms with van der Waals surface area (Å²) in [5, 5.41) is 11.9. The predicted molar refractivity (Wildman–Crippen MR) is 108 cm³/mol. The van der Waals surface area contributed by atoms with Crippen molar-refractivity contribution in [1.82, 2.24) is 20.1 Å². The van der Waals surface area contributed by atoms with Crippen molar-refractivity contribution >= 4 is 17.7 Å². The maximum atomic E-state index is 12.2. The molecule has 5 nitrogen and oxygen atoms in total. The van der Waals surface area contributed by atoms with Gasteiger partial charge < -0.3 is 5.32 Å². The monoisotopic (exact) mass is 374 g/mol. The number of rotatable bonds is 9. The van der Waals surface area contributed by atoms with Crippen molar-refractivity contribution in [2.45, 2.75) is 64.6 Å². The van der Waals surface area contributed by atoms with Gasteiger partial charge in [-0.2, -0.15) is 0 Å². The SMILES string of the molecule is CC(C)CCC(C)NC(=O)CSc1nncn1-c1ccc(C(C)C)cc1. The molecule has 0 saturated carbocycles. The molecule has 2 rings (SSSR count). The van der Waals surface area contributed by atoms with Crippen LogP contribution in [0.4, 0.5) is 0 Å². The molecule has 1 amide bonds. The fraction of sp³-hybridized carbons (Fsp3) is 0.550. The zero-order valence-electron chi connectivity index (χ0n) is 16.4. The summed E-state index contributed by atoms with van der Waals surface area (Å²) < 4.78 is 1.92. The second kappa shape index (κ2) is 9.76. The third-order valence-electron chi connectivity index (χ3n) is 4.27. The van der Waals surface area contributed by atoms with Crippen LogP contribution in [-0.2, 0) is 4.79 Å². The van der Waals surface area contributed by atoms with E-state index in [1.807, 2.05) is 4.57 Å². The van der Waals surface area contributed by atoms with Gasteiger partial charge in [-0.1, -0.05) is 51.6 Å². The van der Waals surface area contributed by atoms with E-state index < -0.39 is 0 Å². The Labute approximate surface area is 161 Å². The molecule has 26 heavy (non-hydrogen) atoms. The minimum atomic E-state index is 0.0379. The highest BCUT2D eigenvalue weighted by Gasteiger charge is 2.12. The molecule has 1 heterocycles. The van der Waals surface area contributed by atoms with Crippen LogP contribution in [-0.4, -0.2) is 32.5 Å². The van der Waals surface area contributed by atoms with Gasteiger partial charge in [0.15, 0.2) is 5.16 Å². The number of carbonyl (C=O) groups excluding carboxylic acids is 1. The highest BCUT2D eigenvalue weighted by molar-refractivity contribution is 7.99. The van der Waals surface area contributed by atoms with E-state index >= 15 is 0 Å². The van der Waals surface area contributed by atoms with Gasteiger partial charge in [-0.3, -0.25) is 9.36 Å². The molecule has 1 unspecified atom stereocenters. The first-order valence-corrected chi connectivity index (χ1v) is 10.3. The van der Waals surface area contributed by atoms with E-state index in [2.05, 4.69) is 74.4 Å². The standard InChI is InChI=1S/C20H30N4OS/c1-14(2)6-7-16(5)22-19(25)12-26-20-23-21-13-24(20)18-10-8-17(9-11-18)15(3)4/h8-11,13-16H,6-7,12H2,1-5H3,(H,22,25). The van der Waals surface area contributed by atoms with Gasteiger partial charge in [-0.15, -0.1) is 10.2 Å². The number of benzene rings is 1. The number of hydrogen-bond donors (Lipinski definition) is 1. The van der Waals surface area contributed by atoms with Crippen LogP contribution in [0.1, 0.15) is 58.9 Å². The van der Waals surface area contributed by atoms with Crippen LogP contribution in [0.5, 0.6) is 0 Å². The predicted octanol–water partition coefficient (Wildman–Crippen LogP) is 4.42. The second-order valence-corrected chi connectivity index (χ2v) is 8.40. The van der Waals surface area contributed by atoms with Crippen LogP contribution in [0.2, 0.25) is 0 Å². The van der Waals surface area contributed by atoms with E-state index in [0.29, 0.717) is 17.6 Å². The van der Waals surface area contributed by atoms with Crippen LogP contribution in [0.15, 0.2) is 35.7 Å². The third-order valence-corrected chi connectivity index (χ3v) is 5.21. The normalized spacial score (nSPS) is 12.6. The molecule has 142 valence electrons. The summed E-state index contributed by atoms with van der Waals surface area (Å²) in [6, 6.07) is 8.58. The summed E-state index contributed by atoms with van der Waals surface area (Å²) in [6.07, 6.45) is 3.82. The van der Waals surface area contributed by atoms with Crippen molar-refractivity contribution in [3.8, 4) is 5.69 Å². The Hall–Kier alpha value is -1.82. The highest BCUT2D eigenvalue weighted by Crippen LogP contribution is 2.21. The first-order valence-electron chi connectivity index (χ1n) is 9.29. The lowest BCUT2D eigenvalue weighted by molar-refractivity contribution is -0.119. The lowest BCUT2D eigenvalue weighted by Gasteiger charge is -2.15. The van der Waals surface area contributed by atoms with Gasteiger partial charge in [0.2, 0.25) is 5.91 Å². The minimum Gasteiger partial charge on any atom is -0.353 e. The molecular formula is C20H30N4OS. The van der Waals surface area contributed by atoms with E-state index in [9.17, 15) is 4.79 Å². The lowest BCUT2D eigenvalue weighted by atomic mass is 10.0. The summed E-state index contributed by atoms with van der Waals surface area (Å²) >= 11 is 1.41. The zero-order chi connectivity index (χ0) is 19.1. The van der Waals surface area contributed by atoms with E-state index in [1.165, 1.54) is 17.3 Å². The largest absolute Gasteiger partial charge is 0.353 e. The summed E-state index contributed by atoms with van der Waals surface area (Å²) in [5.41, 5.74) is 2.30. The molecule has 0 aliphatic carbocycles. The van der Waals surface area contributed by atoms with E-state index in [1.54, 1.807) is 6.33 Å². The van der Waals surface area contributed by atoms with Gasteiger partial charge in [-0.25, -0.2) is 0 Å². The van der Waals surface area contributed by atoms with Crippen LogP contribution < -0.4 is 5.32 Å². The number of amides is 1. The van der Waals surface area contributed by atoms with Crippen molar-refractivity contribution in [3.63, 3.8) is 0 Å². The molecule has 0 aliphatic heterocycles. The fourth-order valence-electron chi connectivity index (χ4n) is 2.62. The number of carbonyl (C=O) groups is 1. The number of nitrogens with one attached hydrogen (secondary N) is 1. The van der Waals surface area contributed by atoms with Crippen LogP contribution in [0.3, 0.4) is 0 Å². The van der Waals surface area contributed by atoms with Crippen molar-refractivity contribution < 1.29 is 4.79 Å². The molecule has 0 aliphatic rings. The Kier molecular flexibility index (Phi) is 7.69. The van der Waals surface area contributed by atoms with Crippen molar-refractivity contribution in [3.05, 3.63) is 36.2 Å². The van der Waals surface area contributed by atoms with Gasteiger partial charge in [0.05, 0.1) is 5.75 Å². The summed E-state index contributed by atoms with van der Waals surface area (Å²) in [4.78, 5) is 12.2. The average Bonchev–Trinajstić information content (AvgIpc) is 3.07. The molecule has 0 spiro atoms. The Morgan fingerprint density at radius 2 is 1.81 bits per heavy atom. The summed E-state index contributed by atoms with van der Waals surface area (Å²) in [5.74, 6) is 1.54. The quantitative estimate of drug-likeness (QED) is 0.660. The van der Waals surface area contributed by atoms with E-state index in [4.69, 9.17) is 0 Å². The summed E-state index contributed by atoms with van der Waals surface area (Å²) in [7, 11) is 0. The maximum Gasteiger partial charge on any atom is 0.230 e. The Morgan fingerprint density at radius 3 is 2.42 bits per heavy atom. The van der Waals surface area contributed by atoms with Gasteiger partial charge in [0, 0.05) is 11.7 Å². The van der Waals surface area contributed by atoms with Crippen LogP contribution >= 0.6 is 11.8 Å².